The van der Waals surface area contributed by atoms with E-state index in [1.807, 2.05) is 62.4 Å². The SMILES string of the molecule is Cc1cccc(NC(=O)CNC(=O)CN2C(=O)NC(C)(c3ccc4ccccc4c3)C2=O)c1C. The van der Waals surface area contributed by atoms with E-state index in [4.69, 9.17) is 0 Å². The van der Waals surface area contributed by atoms with Crippen molar-refractivity contribution < 1.29 is 19.2 Å². The zero-order valence-corrected chi connectivity index (χ0v) is 19.3. The number of hydrogen-bond donors (Lipinski definition) is 3. The van der Waals surface area contributed by atoms with Gasteiger partial charge < -0.3 is 16.0 Å². The Hall–Kier alpha value is -4.20. The molecule has 3 N–H and O–H groups in total. The van der Waals surface area contributed by atoms with E-state index in [0.717, 1.165) is 26.8 Å². The molecule has 1 fully saturated rings. The van der Waals surface area contributed by atoms with Crippen LogP contribution in [0.4, 0.5) is 10.5 Å². The normalized spacial score (nSPS) is 17.6. The van der Waals surface area contributed by atoms with Gasteiger partial charge in [0.15, 0.2) is 0 Å². The maximum absolute atomic E-state index is 13.1. The number of carbonyl (C=O) groups is 4. The molecule has 1 heterocycles. The standard InChI is InChI=1S/C26H26N4O4/c1-16-7-6-10-21(17(16)2)28-22(31)14-27-23(32)15-30-24(33)26(3,29-25(30)34)20-12-11-18-8-4-5-9-19(18)13-20/h4-13H,14-15H2,1-3H3,(H,27,32)(H,28,31)(H,29,34). The van der Waals surface area contributed by atoms with Crippen LogP contribution in [0, 0.1) is 13.8 Å². The minimum absolute atomic E-state index is 0.280. The zero-order valence-electron chi connectivity index (χ0n) is 19.3. The molecule has 1 aliphatic heterocycles. The van der Waals surface area contributed by atoms with Crippen LogP contribution in [0.1, 0.15) is 23.6 Å². The van der Waals surface area contributed by atoms with E-state index >= 15 is 0 Å². The van der Waals surface area contributed by atoms with Crippen LogP contribution < -0.4 is 16.0 Å². The summed E-state index contributed by atoms with van der Waals surface area (Å²) in [6, 6.07) is 18.2. The molecule has 34 heavy (non-hydrogen) atoms. The van der Waals surface area contributed by atoms with E-state index in [1.54, 1.807) is 19.1 Å². The third kappa shape index (κ3) is 4.34. The van der Waals surface area contributed by atoms with Crippen molar-refractivity contribution in [1.82, 2.24) is 15.5 Å². The molecule has 4 rings (SSSR count). The topological polar surface area (TPSA) is 108 Å². The summed E-state index contributed by atoms with van der Waals surface area (Å²) in [6.45, 7) is 4.69. The number of imide groups is 1. The molecule has 0 spiro atoms. The number of aryl methyl sites for hydroxylation is 1. The average Bonchev–Trinajstić information content (AvgIpc) is 3.04. The van der Waals surface area contributed by atoms with E-state index in [9.17, 15) is 19.2 Å². The fourth-order valence-electron chi connectivity index (χ4n) is 4.00. The van der Waals surface area contributed by atoms with Crippen molar-refractivity contribution in [1.29, 1.82) is 0 Å². The van der Waals surface area contributed by atoms with E-state index in [2.05, 4.69) is 16.0 Å². The molecule has 8 heteroatoms. The highest BCUT2D eigenvalue weighted by Crippen LogP contribution is 2.30. The monoisotopic (exact) mass is 458 g/mol. The number of hydrogen-bond acceptors (Lipinski definition) is 4. The first kappa shape index (κ1) is 23.0. The first-order valence-corrected chi connectivity index (χ1v) is 10.9. The molecule has 1 aliphatic rings. The van der Waals surface area contributed by atoms with Crippen molar-refractivity contribution in [3.8, 4) is 0 Å². The first-order valence-electron chi connectivity index (χ1n) is 10.9. The Morgan fingerprint density at radius 2 is 1.68 bits per heavy atom. The van der Waals surface area contributed by atoms with Gasteiger partial charge in [-0.2, -0.15) is 0 Å². The van der Waals surface area contributed by atoms with Crippen molar-refractivity contribution in [2.45, 2.75) is 26.3 Å². The van der Waals surface area contributed by atoms with Crippen molar-refractivity contribution in [2.75, 3.05) is 18.4 Å². The Balaban J connectivity index is 1.39. The van der Waals surface area contributed by atoms with E-state index in [-0.39, 0.29) is 6.54 Å². The van der Waals surface area contributed by atoms with Gasteiger partial charge in [0.05, 0.1) is 6.54 Å². The molecule has 5 amide bonds. The largest absolute Gasteiger partial charge is 0.345 e. The second-order valence-electron chi connectivity index (χ2n) is 8.58. The summed E-state index contributed by atoms with van der Waals surface area (Å²) in [4.78, 5) is 51.2. The highest BCUT2D eigenvalue weighted by molar-refractivity contribution is 6.09. The van der Waals surface area contributed by atoms with E-state index < -0.39 is 35.8 Å². The Bertz CT molecular complexity index is 1320. The molecule has 0 aliphatic carbocycles. The zero-order chi connectivity index (χ0) is 24.5. The van der Waals surface area contributed by atoms with Gasteiger partial charge in [0.25, 0.3) is 5.91 Å². The van der Waals surface area contributed by atoms with Crippen LogP contribution in [0.2, 0.25) is 0 Å². The molecule has 0 saturated carbocycles. The van der Waals surface area contributed by atoms with Gasteiger partial charge in [0, 0.05) is 5.69 Å². The van der Waals surface area contributed by atoms with Gasteiger partial charge in [0.1, 0.15) is 12.1 Å². The maximum Gasteiger partial charge on any atom is 0.325 e. The lowest BCUT2D eigenvalue weighted by atomic mass is 9.90. The third-order valence-electron chi connectivity index (χ3n) is 6.23. The number of carbonyl (C=O) groups excluding carboxylic acids is 4. The number of nitrogens with zero attached hydrogens (tertiary/aromatic N) is 1. The number of benzene rings is 3. The summed E-state index contributed by atoms with van der Waals surface area (Å²) in [6.07, 6.45) is 0. The smallest absolute Gasteiger partial charge is 0.325 e. The van der Waals surface area contributed by atoms with Crippen LogP contribution in [0.25, 0.3) is 10.8 Å². The van der Waals surface area contributed by atoms with E-state index in [1.165, 1.54) is 0 Å². The predicted octanol–water partition coefficient (Wildman–Crippen LogP) is 2.98. The summed E-state index contributed by atoms with van der Waals surface area (Å²) in [5, 5.41) is 9.88. The molecule has 1 saturated heterocycles. The minimum atomic E-state index is -1.29. The van der Waals surface area contributed by atoms with Gasteiger partial charge in [-0.15, -0.1) is 0 Å². The maximum atomic E-state index is 13.1. The Kier molecular flexibility index (Phi) is 6.06. The summed E-state index contributed by atoms with van der Waals surface area (Å²) < 4.78 is 0. The average molecular weight is 459 g/mol. The van der Waals surface area contributed by atoms with Gasteiger partial charge in [0.2, 0.25) is 11.8 Å². The molecule has 1 atom stereocenters. The lowest BCUT2D eigenvalue weighted by molar-refractivity contribution is -0.135. The lowest BCUT2D eigenvalue weighted by Gasteiger charge is -2.22. The van der Waals surface area contributed by atoms with Gasteiger partial charge in [-0.1, -0.05) is 48.5 Å². The van der Waals surface area contributed by atoms with Crippen molar-refractivity contribution in [2.24, 2.45) is 0 Å². The number of urea groups is 1. The van der Waals surface area contributed by atoms with Crippen molar-refractivity contribution in [3.05, 3.63) is 77.4 Å². The van der Waals surface area contributed by atoms with Crippen LogP contribution in [0.5, 0.6) is 0 Å². The van der Waals surface area contributed by atoms with Crippen LogP contribution in [-0.4, -0.2) is 41.7 Å². The summed E-state index contributed by atoms with van der Waals surface area (Å²) >= 11 is 0. The van der Waals surface area contributed by atoms with Gasteiger partial charge in [-0.3, -0.25) is 19.3 Å². The Labute approximate surface area is 197 Å². The number of nitrogens with one attached hydrogen (secondary N) is 3. The van der Waals surface area contributed by atoms with Crippen LogP contribution in [-0.2, 0) is 19.9 Å². The summed E-state index contributed by atoms with van der Waals surface area (Å²) in [5.41, 5.74) is 1.98. The van der Waals surface area contributed by atoms with Gasteiger partial charge in [-0.25, -0.2) is 4.79 Å². The predicted molar refractivity (Wildman–Crippen MR) is 129 cm³/mol. The second kappa shape index (κ2) is 8.97. The van der Waals surface area contributed by atoms with Gasteiger partial charge >= 0.3 is 6.03 Å². The molecule has 0 bridgehead atoms. The van der Waals surface area contributed by atoms with Crippen molar-refractivity contribution >= 4 is 40.2 Å². The molecule has 3 aromatic carbocycles. The van der Waals surface area contributed by atoms with Crippen LogP contribution in [0.3, 0.4) is 0 Å². The number of fused-ring (bicyclic) bond motifs is 1. The second-order valence-corrected chi connectivity index (χ2v) is 8.58. The molecule has 3 aromatic rings. The van der Waals surface area contributed by atoms with Crippen LogP contribution >= 0.6 is 0 Å². The molecule has 174 valence electrons. The molecule has 1 unspecified atom stereocenters. The van der Waals surface area contributed by atoms with Crippen LogP contribution in [0.15, 0.2) is 60.7 Å². The number of anilines is 1. The molecule has 0 aromatic heterocycles. The molecule has 8 nitrogen and oxygen atoms in total. The molecular weight excluding hydrogens is 432 g/mol. The fraction of sp³-hybridized carbons (Fsp3) is 0.231. The highest BCUT2D eigenvalue weighted by Gasteiger charge is 2.49. The Morgan fingerprint density at radius 3 is 2.44 bits per heavy atom. The quantitative estimate of drug-likeness (QED) is 0.494. The minimum Gasteiger partial charge on any atom is -0.345 e. The highest BCUT2D eigenvalue weighted by atomic mass is 16.2. The summed E-state index contributed by atoms with van der Waals surface area (Å²) in [7, 11) is 0. The van der Waals surface area contributed by atoms with Gasteiger partial charge in [-0.05, 0) is 60.4 Å². The Morgan fingerprint density at radius 1 is 0.941 bits per heavy atom. The molecular formula is C26H26N4O4. The van der Waals surface area contributed by atoms with Crippen molar-refractivity contribution in [3.63, 3.8) is 0 Å². The first-order chi connectivity index (χ1) is 16.2. The van der Waals surface area contributed by atoms with E-state index in [0.29, 0.717) is 11.3 Å². The number of rotatable bonds is 6. The molecule has 0 radical (unpaired) electrons. The fourth-order valence-corrected chi connectivity index (χ4v) is 4.00. The third-order valence-corrected chi connectivity index (χ3v) is 6.23. The number of amides is 5. The lowest BCUT2D eigenvalue weighted by Crippen LogP contribution is -2.44. The summed E-state index contributed by atoms with van der Waals surface area (Å²) in [5.74, 6) is -1.54.